The van der Waals surface area contributed by atoms with Crippen molar-refractivity contribution >= 4 is 8.56 Å². The van der Waals surface area contributed by atoms with Crippen molar-refractivity contribution in [2.24, 2.45) is 0 Å². The van der Waals surface area contributed by atoms with Crippen LogP contribution in [0.25, 0.3) is 0 Å². The van der Waals surface area contributed by atoms with Crippen LogP contribution in [-0.2, 0) is 20.0 Å². The van der Waals surface area contributed by atoms with Gasteiger partial charge in [-0.25, -0.2) is 13.2 Å². The topological polar surface area (TPSA) is 27.7 Å². The van der Waals surface area contributed by atoms with Gasteiger partial charge in [-0.3, -0.25) is 0 Å². The van der Waals surface area contributed by atoms with Crippen LogP contribution in [0.1, 0.15) is 52.0 Å². The predicted molar refractivity (Wildman–Crippen MR) is 96.7 cm³/mol. The van der Waals surface area contributed by atoms with E-state index in [-0.39, 0.29) is 0 Å². The van der Waals surface area contributed by atoms with Gasteiger partial charge in [0.25, 0.3) is 0 Å². The standard InChI is InChI=1S/C19H29F3O3Si/c1-4-23-19(10-7-8-12-26(19,24-5-2)25-6-3)11-9-15-13-16(20)18(22)17(21)14-15/h13-14H,4-12H2,1-3H3. The first-order valence-electron chi connectivity index (χ1n) is 9.49. The minimum absolute atomic E-state index is 0.378. The lowest BCUT2D eigenvalue weighted by molar-refractivity contribution is -0.0453. The molecule has 0 saturated carbocycles. The van der Waals surface area contributed by atoms with E-state index in [0.717, 1.165) is 37.4 Å². The zero-order valence-corrected chi connectivity index (χ0v) is 16.9. The van der Waals surface area contributed by atoms with Gasteiger partial charge in [-0.2, -0.15) is 0 Å². The number of hydrogen-bond donors (Lipinski definition) is 0. The van der Waals surface area contributed by atoms with Crippen molar-refractivity contribution in [3.8, 4) is 0 Å². The maximum absolute atomic E-state index is 13.6. The van der Waals surface area contributed by atoms with E-state index in [0.29, 0.717) is 38.2 Å². The first-order chi connectivity index (χ1) is 12.4. The number of aryl methyl sites for hydroxylation is 1. The average molecular weight is 391 g/mol. The molecule has 2 rings (SSSR count). The van der Waals surface area contributed by atoms with E-state index in [2.05, 4.69) is 0 Å². The molecule has 0 bridgehead atoms. The summed E-state index contributed by atoms with van der Waals surface area (Å²) in [6.45, 7) is 7.43. The Hall–Kier alpha value is -0.893. The normalized spacial score (nSPS) is 22.5. The fraction of sp³-hybridized carbons (Fsp3) is 0.684. The molecular formula is C19H29F3O3Si. The third-order valence-corrected chi connectivity index (χ3v) is 9.62. The molecule has 3 nitrogen and oxygen atoms in total. The van der Waals surface area contributed by atoms with Gasteiger partial charge in [0.2, 0.25) is 0 Å². The molecule has 1 aromatic carbocycles. The predicted octanol–water partition coefficient (Wildman–Crippen LogP) is 5.05. The number of rotatable bonds is 9. The lowest BCUT2D eigenvalue weighted by atomic mass is 10.0. The molecular weight excluding hydrogens is 361 g/mol. The zero-order valence-electron chi connectivity index (χ0n) is 15.9. The Morgan fingerprint density at radius 1 is 0.962 bits per heavy atom. The highest BCUT2D eigenvalue weighted by Gasteiger charge is 2.59. The van der Waals surface area contributed by atoms with Gasteiger partial charge in [0.05, 0.1) is 0 Å². The molecule has 0 radical (unpaired) electrons. The summed E-state index contributed by atoms with van der Waals surface area (Å²) in [5.74, 6) is -3.75. The molecule has 148 valence electrons. The first kappa shape index (κ1) is 21.4. The van der Waals surface area contributed by atoms with E-state index in [9.17, 15) is 13.2 Å². The summed E-state index contributed by atoms with van der Waals surface area (Å²) in [5.41, 5.74) is 0.418. The van der Waals surface area contributed by atoms with Gasteiger partial charge in [-0.1, -0.05) is 12.8 Å². The quantitative estimate of drug-likeness (QED) is 0.436. The van der Waals surface area contributed by atoms with E-state index < -0.39 is 31.2 Å². The van der Waals surface area contributed by atoms with Crippen LogP contribution >= 0.6 is 0 Å². The molecule has 7 heteroatoms. The van der Waals surface area contributed by atoms with Crippen molar-refractivity contribution in [2.75, 3.05) is 19.8 Å². The minimum atomic E-state index is -2.66. The highest BCUT2D eigenvalue weighted by molar-refractivity contribution is 6.70. The van der Waals surface area contributed by atoms with Gasteiger partial charge in [-0.05, 0) is 63.8 Å². The molecule has 0 N–H and O–H groups in total. The van der Waals surface area contributed by atoms with Crippen molar-refractivity contribution in [2.45, 2.75) is 64.1 Å². The molecule has 0 spiro atoms. The Labute approximate surface area is 155 Å². The fourth-order valence-corrected chi connectivity index (χ4v) is 8.48. The fourth-order valence-electron chi connectivity index (χ4n) is 4.05. The second-order valence-corrected chi connectivity index (χ2v) is 10.1. The van der Waals surface area contributed by atoms with Crippen LogP contribution in [0.5, 0.6) is 0 Å². The van der Waals surface area contributed by atoms with Crippen LogP contribution in [0.3, 0.4) is 0 Å². The van der Waals surface area contributed by atoms with Crippen LogP contribution in [0.2, 0.25) is 6.04 Å². The van der Waals surface area contributed by atoms with Gasteiger partial charge in [0, 0.05) is 19.8 Å². The zero-order chi connectivity index (χ0) is 19.2. The Balaban J connectivity index is 2.31. The Kier molecular flexibility index (Phi) is 7.70. The van der Waals surface area contributed by atoms with Gasteiger partial charge >= 0.3 is 8.56 Å². The molecule has 1 aromatic rings. The highest BCUT2D eigenvalue weighted by Crippen LogP contribution is 2.44. The number of halogens is 3. The summed E-state index contributed by atoms with van der Waals surface area (Å²) in [6.07, 6.45) is 3.75. The third kappa shape index (κ3) is 4.32. The Morgan fingerprint density at radius 3 is 2.12 bits per heavy atom. The molecule has 1 atom stereocenters. The number of hydrogen-bond acceptors (Lipinski definition) is 3. The van der Waals surface area contributed by atoms with E-state index in [1.165, 1.54) is 0 Å². The summed E-state index contributed by atoms with van der Waals surface area (Å²) >= 11 is 0. The monoisotopic (exact) mass is 390 g/mol. The van der Waals surface area contributed by atoms with Crippen LogP contribution in [0.15, 0.2) is 12.1 Å². The third-order valence-electron chi connectivity index (χ3n) is 5.07. The summed E-state index contributed by atoms with van der Waals surface area (Å²) in [6, 6.07) is 2.97. The van der Waals surface area contributed by atoms with Crippen LogP contribution in [0.4, 0.5) is 13.2 Å². The molecule has 1 aliphatic rings. The molecule has 0 amide bonds. The van der Waals surface area contributed by atoms with Crippen molar-refractivity contribution in [3.05, 3.63) is 35.1 Å². The smallest absolute Gasteiger partial charge is 0.371 e. The molecule has 1 unspecified atom stereocenters. The molecule has 1 saturated heterocycles. The molecule has 26 heavy (non-hydrogen) atoms. The van der Waals surface area contributed by atoms with Crippen LogP contribution < -0.4 is 0 Å². The Bertz CT molecular complexity index is 561. The highest BCUT2D eigenvalue weighted by atomic mass is 28.4. The van der Waals surface area contributed by atoms with Crippen LogP contribution in [-0.4, -0.2) is 33.6 Å². The van der Waals surface area contributed by atoms with Gasteiger partial charge < -0.3 is 13.6 Å². The first-order valence-corrected chi connectivity index (χ1v) is 11.5. The average Bonchev–Trinajstić information content (AvgIpc) is 2.61. The molecule has 1 aliphatic heterocycles. The van der Waals surface area contributed by atoms with Crippen molar-refractivity contribution in [1.29, 1.82) is 0 Å². The number of benzene rings is 1. The summed E-state index contributed by atoms with van der Waals surface area (Å²) < 4.78 is 59.0. The van der Waals surface area contributed by atoms with E-state index in [1.807, 2.05) is 20.8 Å². The van der Waals surface area contributed by atoms with Gasteiger partial charge in [0.15, 0.2) is 17.5 Å². The maximum atomic E-state index is 13.6. The second kappa shape index (κ2) is 9.35. The molecule has 0 aliphatic carbocycles. The Morgan fingerprint density at radius 2 is 1.58 bits per heavy atom. The summed E-state index contributed by atoms with van der Waals surface area (Å²) in [4.78, 5) is 0. The summed E-state index contributed by atoms with van der Waals surface area (Å²) in [5, 5.41) is -0.562. The molecule has 1 fully saturated rings. The van der Waals surface area contributed by atoms with Crippen LogP contribution in [0, 0.1) is 17.5 Å². The van der Waals surface area contributed by atoms with E-state index >= 15 is 0 Å². The van der Waals surface area contributed by atoms with E-state index in [4.69, 9.17) is 13.6 Å². The molecule has 1 heterocycles. The van der Waals surface area contributed by atoms with Gasteiger partial charge in [-0.15, -0.1) is 0 Å². The largest absolute Gasteiger partial charge is 0.393 e. The SMILES string of the molecule is CCOC1(CCc2cc(F)c(F)c(F)c2)CCCC[Si]1(OCC)OCC. The lowest BCUT2D eigenvalue weighted by Gasteiger charge is -2.49. The minimum Gasteiger partial charge on any atom is -0.393 e. The van der Waals surface area contributed by atoms with Crippen molar-refractivity contribution < 1.29 is 26.8 Å². The van der Waals surface area contributed by atoms with Crippen molar-refractivity contribution in [1.82, 2.24) is 0 Å². The second-order valence-electron chi connectivity index (χ2n) is 6.63. The van der Waals surface area contributed by atoms with Crippen molar-refractivity contribution in [3.63, 3.8) is 0 Å². The summed E-state index contributed by atoms with van der Waals surface area (Å²) in [7, 11) is -2.66. The molecule has 0 aromatic heterocycles. The maximum Gasteiger partial charge on any atom is 0.371 e. The lowest BCUT2D eigenvalue weighted by Crippen LogP contribution is -2.66. The number of ether oxygens (including phenoxy) is 1. The van der Waals surface area contributed by atoms with E-state index in [1.54, 1.807) is 0 Å². The van der Waals surface area contributed by atoms with Gasteiger partial charge in [0.1, 0.15) is 5.22 Å².